The summed E-state index contributed by atoms with van der Waals surface area (Å²) in [6, 6.07) is 6.91. The Kier molecular flexibility index (Phi) is 4.13. The summed E-state index contributed by atoms with van der Waals surface area (Å²) in [6.07, 6.45) is 2.16. The molecular formula is C11H12CrN2O2. The van der Waals surface area contributed by atoms with Crippen molar-refractivity contribution in [1.29, 1.82) is 0 Å². The average Bonchev–Trinajstić information content (AvgIpc) is 2.62. The van der Waals surface area contributed by atoms with Crippen molar-refractivity contribution in [3.63, 3.8) is 0 Å². The summed E-state index contributed by atoms with van der Waals surface area (Å²) in [5.74, 6) is -0.972. The fourth-order valence-electron chi connectivity index (χ4n) is 1.62. The number of aromatic amines is 1. The van der Waals surface area contributed by atoms with E-state index in [-0.39, 0.29) is 17.4 Å². The van der Waals surface area contributed by atoms with Gasteiger partial charge in [-0.3, -0.25) is 4.79 Å². The van der Waals surface area contributed by atoms with E-state index in [2.05, 4.69) is 4.98 Å². The zero-order chi connectivity index (χ0) is 10.8. The van der Waals surface area contributed by atoms with Crippen LogP contribution in [0.3, 0.4) is 0 Å². The normalized spacial score (nSPS) is 12.1. The molecule has 16 heavy (non-hydrogen) atoms. The summed E-state index contributed by atoms with van der Waals surface area (Å²) in [7, 11) is 0. The fraction of sp³-hybridized carbons (Fsp3) is 0.182. The molecule has 2 aromatic rings. The number of carboxylic acid groups (broad SMARTS) is 1. The van der Waals surface area contributed by atoms with Crippen LogP contribution in [0, 0.1) is 0 Å². The average molecular weight is 256 g/mol. The number of aromatic nitrogens is 1. The van der Waals surface area contributed by atoms with Gasteiger partial charge in [-0.25, -0.2) is 0 Å². The molecule has 0 saturated carbocycles. The molecule has 84 valence electrons. The second-order valence-corrected chi connectivity index (χ2v) is 3.51. The van der Waals surface area contributed by atoms with Crippen molar-refractivity contribution in [1.82, 2.24) is 4.98 Å². The SMILES string of the molecule is NC(Cc1c[nH]c2ccccc12)C(=O)O.[Cr]. The number of hydrogen-bond donors (Lipinski definition) is 3. The fourth-order valence-corrected chi connectivity index (χ4v) is 1.62. The first kappa shape index (κ1) is 12.8. The van der Waals surface area contributed by atoms with Crippen molar-refractivity contribution in [2.24, 2.45) is 5.73 Å². The number of H-pyrrole nitrogens is 1. The molecule has 4 nitrogen and oxygen atoms in total. The van der Waals surface area contributed by atoms with Crippen LogP contribution in [0.2, 0.25) is 0 Å². The molecule has 1 atom stereocenters. The third-order valence-electron chi connectivity index (χ3n) is 2.43. The zero-order valence-corrected chi connectivity index (χ0v) is 9.79. The molecule has 0 radical (unpaired) electrons. The first-order valence-electron chi connectivity index (χ1n) is 4.72. The number of hydrogen-bond acceptors (Lipinski definition) is 2. The van der Waals surface area contributed by atoms with Gasteiger partial charge in [0.15, 0.2) is 0 Å². The number of carbonyl (C=O) groups is 1. The molecule has 0 spiro atoms. The molecule has 0 aliphatic carbocycles. The molecule has 0 saturated heterocycles. The van der Waals surface area contributed by atoms with Gasteiger partial charge in [-0.15, -0.1) is 0 Å². The van der Waals surface area contributed by atoms with Crippen molar-refractivity contribution in [3.05, 3.63) is 36.0 Å². The van der Waals surface area contributed by atoms with Gasteiger partial charge in [-0.05, 0) is 11.6 Å². The monoisotopic (exact) mass is 256 g/mol. The second kappa shape index (κ2) is 5.17. The predicted octanol–water partition coefficient (Wildman–Crippen LogP) is 1.12. The van der Waals surface area contributed by atoms with Crippen LogP contribution in [0.5, 0.6) is 0 Å². The van der Waals surface area contributed by atoms with Crippen molar-refractivity contribution in [3.8, 4) is 0 Å². The van der Waals surface area contributed by atoms with Gasteiger partial charge < -0.3 is 15.8 Å². The first-order chi connectivity index (χ1) is 7.18. The summed E-state index contributed by atoms with van der Waals surface area (Å²) in [5, 5.41) is 9.75. The molecule has 0 fully saturated rings. The smallest absolute Gasteiger partial charge is 0.320 e. The second-order valence-electron chi connectivity index (χ2n) is 3.51. The standard InChI is InChI=1S/C11H12N2O2.Cr/c12-9(11(14)15)5-7-6-13-10-4-2-1-3-8(7)10;/h1-4,6,9,13H,5,12H2,(H,14,15);. The van der Waals surface area contributed by atoms with Crippen LogP contribution in [-0.2, 0) is 28.6 Å². The Labute approximate surface area is 104 Å². The number of benzene rings is 1. The molecule has 1 unspecified atom stereocenters. The zero-order valence-electron chi connectivity index (χ0n) is 8.51. The van der Waals surface area contributed by atoms with E-state index >= 15 is 0 Å². The van der Waals surface area contributed by atoms with Gasteiger partial charge in [-0.2, -0.15) is 0 Å². The molecule has 2 rings (SSSR count). The Morgan fingerprint density at radius 2 is 2.12 bits per heavy atom. The molecule has 0 aliphatic rings. The summed E-state index contributed by atoms with van der Waals surface area (Å²) in [5.41, 5.74) is 7.43. The van der Waals surface area contributed by atoms with E-state index in [0.29, 0.717) is 6.42 Å². The molecule has 4 N–H and O–H groups in total. The van der Waals surface area contributed by atoms with Crippen LogP contribution in [0.4, 0.5) is 0 Å². The Morgan fingerprint density at radius 1 is 1.44 bits per heavy atom. The number of carboxylic acids is 1. The van der Waals surface area contributed by atoms with Gasteiger partial charge in [0.1, 0.15) is 6.04 Å². The Balaban J connectivity index is 0.00000128. The van der Waals surface area contributed by atoms with Gasteiger partial charge in [-0.1, -0.05) is 18.2 Å². The topological polar surface area (TPSA) is 79.1 Å². The third kappa shape index (κ3) is 2.45. The molecule has 0 bridgehead atoms. The minimum Gasteiger partial charge on any atom is -0.480 e. The van der Waals surface area contributed by atoms with Crippen LogP contribution in [-0.4, -0.2) is 22.1 Å². The van der Waals surface area contributed by atoms with E-state index in [9.17, 15) is 4.79 Å². The summed E-state index contributed by atoms with van der Waals surface area (Å²) < 4.78 is 0. The largest absolute Gasteiger partial charge is 0.480 e. The number of aliphatic carboxylic acids is 1. The summed E-state index contributed by atoms with van der Waals surface area (Å²) >= 11 is 0. The van der Waals surface area contributed by atoms with Crippen LogP contribution in [0.25, 0.3) is 10.9 Å². The Morgan fingerprint density at radius 3 is 2.81 bits per heavy atom. The van der Waals surface area contributed by atoms with Crippen LogP contribution in [0.15, 0.2) is 30.5 Å². The van der Waals surface area contributed by atoms with E-state index in [1.807, 2.05) is 30.5 Å². The van der Waals surface area contributed by atoms with Crippen molar-refractivity contribution < 1.29 is 27.3 Å². The number of nitrogens with two attached hydrogens (primary N) is 1. The summed E-state index contributed by atoms with van der Waals surface area (Å²) in [4.78, 5) is 13.7. The number of nitrogens with one attached hydrogen (secondary N) is 1. The molecule has 5 heteroatoms. The van der Waals surface area contributed by atoms with E-state index in [0.717, 1.165) is 16.5 Å². The maximum absolute atomic E-state index is 10.6. The molecule has 1 aromatic heterocycles. The van der Waals surface area contributed by atoms with Crippen LogP contribution < -0.4 is 5.73 Å². The number of rotatable bonds is 3. The van der Waals surface area contributed by atoms with Crippen LogP contribution in [0.1, 0.15) is 5.56 Å². The predicted molar refractivity (Wildman–Crippen MR) is 57.6 cm³/mol. The van der Waals surface area contributed by atoms with E-state index in [1.165, 1.54) is 0 Å². The van der Waals surface area contributed by atoms with Gasteiger partial charge in [0, 0.05) is 40.9 Å². The van der Waals surface area contributed by atoms with Crippen LogP contribution >= 0.6 is 0 Å². The Hall–Kier alpha value is -1.28. The molecular weight excluding hydrogens is 244 g/mol. The van der Waals surface area contributed by atoms with E-state index < -0.39 is 12.0 Å². The van der Waals surface area contributed by atoms with Gasteiger partial charge >= 0.3 is 5.97 Å². The van der Waals surface area contributed by atoms with Crippen molar-refractivity contribution in [2.75, 3.05) is 0 Å². The maximum Gasteiger partial charge on any atom is 0.320 e. The minimum absolute atomic E-state index is 0. The molecule has 0 aliphatic heterocycles. The number of para-hydroxylation sites is 1. The van der Waals surface area contributed by atoms with Crippen molar-refractivity contribution >= 4 is 16.9 Å². The van der Waals surface area contributed by atoms with Gasteiger partial charge in [0.05, 0.1) is 0 Å². The summed E-state index contributed by atoms with van der Waals surface area (Å²) in [6.45, 7) is 0. The van der Waals surface area contributed by atoms with Crippen molar-refractivity contribution in [2.45, 2.75) is 12.5 Å². The van der Waals surface area contributed by atoms with E-state index in [1.54, 1.807) is 0 Å². The molecule has 1 heterocycles. The van der Waals surface area contributed by atoms with E-state index in [4.69, 9.17) is 10.8 Å². The first-order valence-corrected chi connectivity index (χ1v) is 4.72. The molecule has 0 amide bonds. The maximum atomic E-state index is 10.6. The number of fused-ring (bicyclic) bond motifs is 1. The van der Waals surface area contributed by atoms with Gasteiger partial charge in [0.2, 0.25) is 0 Å². The minimum atomic E-state index is -0.972. The third-order valence-corrected chi connectivity index (χ3v) is 2.43. The molecule has 1 aromatic carbocycles. The quantitative estimate of drug-likeness (QED) is 0.770. The Bertz CT molecular complexity index is 495. The van der Waals surface area contributed by atoms with Gasteiger partial charge in [0.25, 0.3) is 0 Å².